The average molecular weight is 270 g/mol. The summed E-state index contributed by atoms with van der Waals surface area (Å²) in [5, 5.41) is 13.5. The van der Waals surface area contributed by atoms with Crippen LogP contribution in [0, 0.1) is 12.7 Å². The zero-order valence-corrected chi connectivity index (χ0v) is 10.7. The van der Waals surface area contributed by atoms with Crippen molar-refractivity contribution in [2.45, 2.75) is 6.92 Å². The van der Waals surface area contributed by atoms with Crippen molar-refractivity contribution in [1.82, 2.24) is 10.1 Å². The molecule has 20 heavy (non-hydrogen) atoms. The third kappa shape index (κ3) is 2.14. The summed E-state index contributed by atoms with van der Waals surface area (Å²) in [4.78, 5) is 4.18. The van der Waals surface area contributed by atoms with Crippen molar-refractivity contribution >= 4 is 0 Å². The topological polar surface area (TPSA) is 59.2 Å². The van der Waals surface area contributed by atoms with Crippen LogP contribution >= 0.6 is 0 Å². The van der Waals surface area contributed by atoms with Crippen LogP contribution in [0.2, 0.25) is 0 Å². The van der Waals surface area contributed by atoms with Gasteiger partial charge < -0.3 is 9.63 Å². The van der Waals surface area contributed by atoms with E-state index in [2.05, 4.69) is 10.1 Å². The van der Waals surface area contributed by atoms with E-state index >= 15 is 0 Å². The third-order valence-electron chi connectivity index (χ3n) is 2.99. The maximum absolute atomic E-state index is 13.5. The van der Waals surface area contributed by atoms with Gasteiger partial charge in [-0.1, -0.05) is 29.4 Å². The molecule has 0 aliphatic carbocycles. The van der Waals surface area contributed by atoms with Crippen molar-refractivity contribution in [3.05, 3.63) is 53.8 Å². The van der Waals surface area contributed by atoms with E-state index in [0.717, 1.165) is 0 Å². The number of aryl methyl sites for hydroxylation is 1. The van der Waals surface area contributed by atoms with Gasteiger partial charge in [0.05, 0.1) is 5.56 Å². The molecular formula is C15H11FN2O2. The van der Waals surface area contributed by atoms with Crippen molar-refractivity contribution in [3.8, 4) is 28.6 Å². The molecule has 0 saturated heterocycles. The number of benzene rings is 2. The summed E-state index contributed by atoms with van der Waals surface area (Å²) in [7, 11) is 0. The molecule has 1 aromatic heterocycles. The van der Waals surface area contributed by atoms with Gasteiger partial charge in [0, 0.05) is 5.56 Å². The minimum Gasteiger partial charge on any atom is -0.507 e. The Morgan fingerprint density at radius 1 is 1.15 bits per heavy atom. The van der Waals surface area contributed by atoms with Gasteiger partial charge in [-0.05, 0) is 30.7 Å². The quantitative estimate of drug-likeness (QED) is 0.773. The van der Waals surface area contributed by atoms with Gasteiger partial charge in [0.1, 0.15) is 11.6 Å². The SMILES string of the molecule is Cc1ccc(-c2noc(-c3ccccc3O)n2)cc1F. The Morgan fingerprint density at radius 3 is 2.70 bits per heavy atom. The number of para-hydroxylation sites is 1. The van der Waals surface area contributed by atoms with Crippen molar-refractivity contribution in [1.29, 1.82) is 0 Å². The van der Waals surface area contributed by atoms with Gasteiger partial charge in [-0.25, -0.2) is 4.39 Å². The number of phenols is 1. The summed E-state index contributed by atoms with van der Waals surface area (Å²) < 4.78 is 18.6. The molecule has 2 aromatic carbocycles. The van der Waals surface area contributed by atoms with Crippen LogP contribution < -0.4 is 0 Å². The summed E-state index contributed by atoms with van der Waals surface area (Å²) >= 11 is 0. The highest BCUT2D eigenvalue weighted by molar-refractivity contribution is 5.64. The summed E-state index contributed by atoms with van der Waals surface area (Å²) in [6.07, 6.45) is 0. The number of halogens is 1. The highest BCUT2D eigenvalue weighted by Gasteiger charge is 2.14. The molecule has 0 radical (unpaired) electrons. The number of aromatic hydroxyl groups is 1. The summed E-state index contributed by atoms with van der Waals surface area (Å²) in [6.45, 7) is 1.68. The normalized spacial score (nSPS) is 10.7. The minimum atomic E-state index is -0.323. The van der Waals surface area contributed by atoms with Gasteiger partial charge in [0.15, 0.2) is 0 Å². The van der Waals surface area contributed by atoms with Gasteiger partial charge in [0.25, 0.3) is 5.89 Å². The summed E-state index contributed by atoms with van der Waals surface area (Å²) in [5.41, 5.74) is 1.52. The summed E-state index contributed by atoms with van der Waals surface area (Å²) in [6, 6.07) is 11.4. The number of phenolic OH excluding ortho intramolecular Hbond substituents is 1. The van der Waals surface area contributed by atoms with Gasteiger partial charge in [-0.2, -0.15) is 4.98 Å². The van der Waals surface area contributed by atoms with E-state index in [1.54, 1.807) is 37.3 Å². The Morgan fingerprint density at radius 2 is 1.95 bits per heavy atom. The molecule has 0 aliphatic heterocycles. The van der Waals surface area contributed by atoms with Crippen LogP contribution in [0.5, 0.6) is 5.75 Å². The fraction of sp³-hybridized carbons (Fsp3) is 0.0667. The lowest BCUT2D eigenvalue weighted by molar-refractivity contribution is 0.425. The highest BCUT2D eigenvalue weighted by atomic mass is 19.1. The van der Waals surface area contributed by atoms with Crippen LogP contribution in [-0.2, 0) is 0 Å². The van der Waals surface area contributed by atoms with E-state index in [1.165, 1.54) is 12.1 Å². The van der Waals surface area contributed by atoms with Crippen LogP contribution in [0.4, 0.5) is 4.39 Å². The van der Waals surface area contributed by atoms with Crippen molar-refractivity contribution in [2.75, 3.05) is 0 Å². The van der Waals surface area contributed by atoms with Gasteiger partial charge >= 0.3 is 0 Å². The van der Waals surface area contributed by atoms with Gasteiger partial charge in [0.2, 0.25) is 5.82 Å². The highest BCUT2D eigenvalue weighted by Crippen LogP contribution is 2.29. The minimum absolute atomic E-state index is 0.0535. The second-order valence-electron chi connectivity index (χ2n) is 4.40. The summed E-state index contributed by atoms with van der Waals surface area (Å²) in [5.74, 6) is 0.204. The molecule has 3 rings (SSSR count). The van der Waals surface area contributed by atoms with E-state index in [9.17, 15) is 9.50 Å². The number of nitrogens with zero attached hydrogens (tertiary/aromatic N) is 2. The van der Waals surface area contributed by atoms with E-state index in [4.69, 9.17) is 4.52 Å². The largest absolute Gasteiger partial charge is 0.507 e. The van der Waals surface area contributed by atoms with E-state index in [0.29, 0.717) is 16.7 Å². The molecule has 1 heterocycles. The van der Waals surface area contributed by atoms with Gasteiger partial charge in [-0.15, -0.1) is 0 Å². The Bertz CT molecular complexity index is 768. The molecule has 0 saturated carbocycles. The maximum Gasteiger partial charge on any atom is 0.261 e. The molecule has 5 heteroatoms. The molecule has 0 fully saturated rings. The van der Waals surface area contributed by atoms with E-state index < -0.39 is 0 Å². The fourth-order valence-electron chi connectivity index (χ4n) is 1.84. The molecule has 4 nitrogen and oxygen atoms in total. The molecule has 0 spiro atoms. The maximum atomic E-state index is 13.5. The molecule has 0 unspecified atom stereocenters. The first-order valence-corrected chi connectivity index (χ1v) is 6.04. The number of aromatic nitrogens is 2. The number of hydrogen-bond acceptors (Lipinski definition) is 4. The fourth-order valence-corrected chi connectivity index (χ4v) is 1.84. The Kier molecular flexibility index (Phi) is 2.95. The zero-order chi connectivity index (χ0) is 14.1. The molecule has 1 N–H and O–H groups in total. The van der Waals surface area contributed by atoms with Crippen molar-refractivity contribution < 1.29 is 14.0 Å². The average Bonchev–Trinajstić information content (AvgIpc) is 2.92. The standard InChI is InChI=1S/C15H11FN2O2/c1-9-6-7-10(8-12(9)16)14-17-15(20-18-14)11-4-2-3-5-13(11)19/h2-8,19H,1H3. The molecule has 3 aromatic rings. The molecule has 0 amide bonds. The smallest absolute Gasteiger partial charge is 0.261 e. The molecule has 100 valence electrons. The first-order valence-electron chi connectivity index (χ1n) is 6.04. The van der Waals surface area contributed by atoms with E-state index in [-0.39, 0.29) is 23.3 Å². The van der Waals surface area contributed by atoms with Crippen LogP contribution in [0.3, 0.4) is 0 Å². The van der Waals surface area contributed by atoms with Crippen LogP contribution in [0.1, 0.15) is 5.56 Å². The second kappa shape index (κ2) is 4.77. The lowest BCUT2D eigenvalue weighted by Crippen LogP contribution is -1.86. The van der Waals surface area contributed by atoms with Crippen molar-refractivity contribution in [3.63, 3.8) is 0 Å². The molecular weight excluding hydrogens is 259 g/mol. The van der Waals surface area contributed by atoms with Gasteiger partial charge in [-0.3, -0.25) is 0 Å². The third-order valence-corrected chi connectivity index (χ3v) is 2.99. The van der Waals surface area contributed by atoms with Crippen LogP contribution in [0.25, 0.3) is 22.8 Å². The van der Waals surface area contributed by atoms with Crippen LogP contribution in [-0.4, -0.2) is 15.2 Å². The first-order chi connectivity index (χ1) is 9.65. The lowest BCUT2D eigenvalue weighted by atomic mass is 10.1. The molecule has 0 aliphatic rings. The molecule has 0 bridgehead atoms. The Labute approximate surface area is 114 Å². The van der Waals surface area contributed by atoms with Crippen molar-refractivity contribution in [2.24, 2.45) is 0 Å². The second-order valence-corrected chi connectivity index (χ2v) is 4.40. The predicted molar refractivity (Wildman–Crippen MR) is 71.5 cm³/mol. The van der Waals surface area contributed by atoms with Crippen LogP contribution in [0.15, 0.2) is 47.0 Å². The monoisotopic (exact) mass is 270 g/mol. The first kappa shape index (κ1) is 12.3. The number of rotatable bonds is 2. The Hall–Kier alpha value is -2.69. The van der Waals surface area contributed by atoms with E-state index in [1.807, 2.05) is 0 Å². The number of hydrogen-bond donors (Lipinski definition) is 1. The molecule has 0 atom stereocenters. The zero-order valence-electron chi connectivity index (χ0n) is 10.7. The Balaban J connectivity index is 2.02. The predicted octanol–water partition coefficient (Wildman–Crippen LogP) is 3.56. The lowest BCUT2D eigenvalue weighted by Gasteiger charge is -1.98.